The molecule has 2 rings (SSSR count). The molecule has 0 aliphatic heterocycles. The van der Waals surface area contributed by atoms with E-state index in [0.29, 0.717) is 13.0 Å². The molecular weight excluding hydrogens is 332 g/mol. The molecule has 104 valence electrons. The SMILES string of the molecule is CCOC(=O)[C@@H](N)Cc1c[nH]c2cc(Br)ccc12.Cl. The average molecular weight is 348 g/mol. The van der Waals surface area contributed by atoms with Gasteiger partial charge >= 0.3 is 5.97 Å². The molecule has 0 aliphatic carbocycles. The van der Waals surface area contributed by atoms with Gasteiger partial charge in [-0.2, -0.15) is 0 Å². The summed E-state index contributed by atoms with van der Waals surface area (Å²) in [4.78, 5) is 14.7. The topological polar surface area (TPSA) is 68.1 Å². The van der Waals surface area contributed by atoms with E-state index in [-0.39, 0.29) is 18.4 Å². The fourth-order valence-corrected chi connectivity index (χ4v) is 2.26. The van der Waals surface area contributed by atoms with Crippen molar-refractivity contribution in [2.45, 2.75) is 19.4 Å². The van der Waals surface area contributed by atoms with Gasteiger partial charge in [-0.15, -0.1) is 12.4 Å². The number of benzene rings is 1. The molecule has 0 saturated carbocycles. The predicted molar refractivity (Wildman–Crippen MR) is 81.6 cm³/mol. The zero-order valence-electron chi connectivity index (χ0n) is 10.5. The molecule has 0 aliphatic rings. The maximum absolute atomic E-state index is 11.5. The Bertz CT molecular complexity index is 571. The molecule has 0 radical (unpaired) electrons. The van der Waals surface area contributed by atoms with E-state index < -0.39 is 6.04 Å². The van der Waals surface area contributed by atoms with Crippen molar-refractivity contribution in [3.05, 3.63) is 34.4 Å². The molecule has 1 atom stereocenters. The van der Waals surface area contributed by atoms with E-state index in [1.165, 1.54) is 0 Å². The highest BCUT2D eigenvalue weighted by molar-refractivity contribution is 9.10. The summed E-state index contributed by atoms with van der Waals surface area (Å²) < 4.78 is 5.91. The van der Waals surface area contributed by atoms with Crippen LogP contribution in [0.15, 0.2) is 28.9 Å². The summed E-state index contributed by atoms with van der Waals surface area (Å²) in [6.45, 7) is 2.13. The Hall–Kier alpha value is -1.04. The highest BCUT2D eigenvalue weighted by Gasteiger charge is 2.17. The summed E-state index contributed by atoms with van der Waals surface area (Å²) in [5, 5.41) is 1.08. The van der Waals surface area contributed by atoms with Gasteiger partial charge in [-0.1, -0.05) is 22.0 Å². The zero-order chi connectivity index (χ0) is 13.1. The fraction of sp³-hybridized carbons (Fsp3) is 0.308. The van der Waals surface area contributed by atoms with Gasteiger partial charge in [0.2, 0.25) is 0 Å². The third-order valence-corrected chi connectivity index (χ3v) is 3.25. The van der Waals surface area contributed by atoms with Crippen LogP contribution in [0, 0.1) is 0 Å². The Morgan fingerprint density at radius 1 is 1.53 bits per heavy atom. The number of aromatic nitrogens is 1. The van der Waals surface area contributed by atoms with Gasteiger partial charge in [0.05, 0.1) is 6.61 Å². The second-order valence-electron chi connectivity index (χ2n) is 4.07. The number of H-pyrrole nitrogens is 1. The third-order valence-electron chi connectivity index (χ3n) is 2.76. The van der Waals surface area contributed by atoms with Gasteiger partial charge in [0.15, 0.2) is 0 Å². The quantitative estimate of drug-likeness (QED) is 0.836. The van der Waals surface area contributed by atoms with E-state index >= 15 is 0 Å². The van der Waals surface area contributed by atoms with Crippen LogP contribution >= 0.6 is 28.3 Å². The number of ether oxygens (including phenoxy) is 1. The minimum Gasteiger partial charge on any atom is -0.465 e. The summed E-state index contributed by atoms with van der Waals surface area (Å²) in [5.74, 6) is -0.357. The van der Waals surface area contributed by atoms with Crippen LogP contribution in [0.4, 0.5) is 0 Å². The number of rotatable bonds is 4. The highest BCUT2D eigenvalue weighted by Crippen LogP contribution is 2.23. The summed E-state index contributed by atoms with van der Waals surface area (Å²) in [6.07, 6.45) is 2.36. The first-order chi connectivity index (χ1) is 8.61. The maximum Gasteiger partial charge on any atom is 0.323 e. The van der Waals surface area contributed by atoms with Crippen LogP contribution < -0.4 is 5.73 Å². The lowest BCUT2D eigenvalue weighted by atomic mass is 10.1. The van der Waals surface area contributed by atoms with Crippen LogP contribution in [0.5, 0.6) is 0 Å². The number of hydrogen-bond acceptors (Lipinski definition) is 3. The van der Waals surface area contributed by atoms with Crippen LogP contribution in [0.2, 0.25) is 0 Å². The standard InChI is InChI=1S/C13H15BrN2O2.ClH/c1-2-18-13(17)11(15)5-8-7-16-12-6-9(14)3-4-10(8)12;/h3-4,6-7,11,16H,2,5,15H2,1H3;1H/t11-;/m0./s1. The number of nitrogens with two attached hydrogens (primary N) is 1. The Morgan fingerprint density at radius 3 is 2.95 bits per heavy atom. The Kier molecular flexibility index (Phi) is 5.85. The van der Waals surface area contributed by atoms with Crippen LogP contribution in [-0.2, 0) is 16.0 Å². The Morgan fingerprint density at radius 2 is 2.26 bits per heavy atom. The minimum atomic E-state index is -0.618. The van der Waals surface area contributed by atoms with Gasteiger partial charge in [0, 0.05) is 28.0 Å². The number of nitrogens with one attached hydrogen (secondary N) is 1. The largest absolute Gasteiger partial charge is 0.465 e. The molecule has 0 saturated heterocycles. The van der Waals surface area contributed by atoms with Gasteiger partial charge < -0.3 is 15.5 Å². The summed E-state index contributed by atoms with van der Waals surface area (Å²) >= 11 is 3.42. The number of carbonyl (C=O) groups is 1. The first-order valence-electron chi connectivity index (χ1n) is 5.79. The third kappa shape index (κ3) is 3.72. The van der Waals surface area contributed by atoms with Crippen molar-refractivity contribution in [3.63, 3.8) is 0 Å². The molecule has 4 nitrogen and oxygen atoms in total. The Labute approximate surface area is 126 Å². The highest BCUT2D eigenvalue weighted by atomic mass is 79.9. The van der Waals surface area contributed by atoms with Gasteiger partial charge in [0.1, 0.15) is 6.04 Å². The molecule has 0 fully saturated rings. The maximum atomic E-state index is 11.5. The van der Waals surface area contributed by atoms with Gasteiger partial charge in [0.25, 0.3) is 0 Å². The van der Waals surface area contributed by atoms with Crippen molar-refractivity contribution in [2.75, 3.05) is 6.61 Å². The van der Waals surface area contributed by atoms with Gasteiger partial charge in [-0.25, -0.2) is 0 Å². The molecule has 0 unspecified atom stereocenters. The van der Waals surface area contributed by atoms with Crippen molar-refractivity contribution in [3.8, 4) is 0 Å². The van der Waals surface area contributed by atoms with Crippen LogP contribution in [0.1, 0.15) is 12.5 Å². The van der Waals surface area contributed by atoms with Crippen molar-refractivity contribution >= 4 is 45.2 Å². The lowest BCUT2D eigenvalue weighted by Crippen LogP contribution is -2.34. The number of fused-ring (bicyclic) bond motifs is 1. The molecule has 0 amide bonds. The van der Waals surface area contributed by atoms with E-state index in [0.717, 1.165) is 20.9 Å². The molecule has 1 heterocycles. The zero-order valence-corrected chi connectivity index (χ0v) is 12.9. The number of esters is 1. The lowest BCUT2D eigenvalue weighted by molar-refractivity contribution is -0.144. The smallest absolute Gasteiger partial charge is 0.323 e. The molecule has 1 aromatic carbocycles. The van der Waals surface area contributed by atoms with Crippen LogP contribution in [-0.4, -0.2) is 23.6 Å². The van der Waals surface area contributed by atoms with E-state index in [1.54, 1.807) is 6.92 Å². The second kappa shape index (κ2) is 6.93. The lowest BCUT2D eigenvalue weighted by Gasteiger charge is -2.09. The van der Waals surface area contributed by atoms with Crippen LogP contribution in [0.25, 0.3) is 10.9 Å². The van der Waals surface area contributed by atoms with Crippen LogP contribution in [0.3, 0.4) is 0 Å². The number of halogens is 2. The monoisotopic (exact) mass is 346 g/mol. The molecule has 2 aromatic rings. The molecule has 6 heteroatoms. The predicted octanol–water partition coefficient (Wildman–Crippen LogP) is 2.79. The van der Waals surface area contributed by atoms with E-state index in [9.17, 15) is 4.79 Å². The van der Waals surface area contributed by atoms with Gasteiger partial charge in [-0.3, -0.25) is 4.79 Å². The normalized spacial score (nSPS) is 11.9. The van der Waals surface area contributed by atoms with E-state index in [4.69, 9.17) is 10.5 Å². The molecule has 0 bridgehead atoms. The first kappa shape index (κ1) is 16.0. The van der Waals surface area contributed by atoms with Crippen molar-refractivity contribution in [1.29, 1.82) is 0 Å². The molecule has 19 heavy (non-hydrogen) atoms. The molecule has 3 N–H and O–H groups in total. The second-order valence-corrected chi connectivity index (χ2v) is 4.98. The van der Waals surface area contributed by atoms with Crippen molar-refractivity contribution in [2.24, 2.45) is 5.73 Å². The summed E-state index contributed by atoms with van der Waals surface area (Å²) in [7, 11) is 0. The average Bonchev–Trinajstić information content (AvgIpc) is 2.72. The molecule has 0 spiro atoms. The molecule has 1 aromatic heterocycles. The number of aromatic amines is 1. The number of carbonyl (C=O) groups excluding carboxylic acids is 1. The van der Waals surface area contributed by atoms with Crippen molar-refractivity contribution < 1.29 is 9.53 Å². The number of hydrogen-bond donors (Lipinski definition) is 2. The molecular formula is C13H16BrClN2O2. The van der Waals surface area contributed by atoms with E-state index in [2.05, 4.69) is 20.9 Å². The Balaban J connectivity index is 0.00000180. The van der Waals surface area contributed by atoms with Gasteiger partial charge in [-0.05, 0) is 24.6 Å². The summed E-state index contributed by atoms with van der Waals surface area (Å²) in [5.41, 5.74) is 7.87. The first-order valence-corrected chi connectivity index (χ1v) is 6.59. The summed E-state index contributed by atoms with van der Waals surface area (Å²) in [6, 6.07) is 5.35. The minimum absolute atomic E-state index is 0. The van der Waals surface area contributed by atoms with E-state index in [1.807, 2.05) is 24.4 Å². The van der Waals surface area contributed by atoms with Crippen molar-refractivity contribution in [1.82, 2.24) is 4.98 Å². The fourth-order valence-electron chi connectivity index (χ4n) is 1.90.